The van der Waals surface area contributed by atoms with Gasteiger partial charge in [-0.05, 0) is 31.0 Å². The molecule has 0 bridgehead atoms. The maximum atomic E-state index is 12.0. The van der Waals surface area contributed by atoms with Crippen molar-refractivity contribution >= 4 is 5.91 Å². The lowest BCUT2D eigenvalue weighted by Gasteiger charge is -2.16. The van der Waals surface area contributed by atoms with E-state index in [9.17, 15) is 4.79 Å². The van der Waals surface area contributed by atoms with Crippen LogP contribution in [0.2, 0.25) is 0 Å². The number of nitrogens with zero attached hydrogens (tertiary/aromatic N) is 3. The van der Waals surface area contributed by atoms with E-state index < -0.39 is 0 Å². The minimum absolute atomic E-state index is 0.000703. The van der Waals surface area contributed by atoms with E-state index in [0.717, 1.165) is 25.9 Å². The lowest BCUT2D eigenvalue weighted by atomic mass is 10.1. The third-order valence-electron chi connectivity index (χ3n) is 3.81. The second-order valence-corrected chi connectivity index (χ2v) is 5.39. The summed E-state index contributed by atoms with van der Waals surface area (Å²) in [6.45, 7) is 1.60. The molecule has 1 aliphatic carbocycles. The van der Waals surface area contributed by atoms with E-state index >= 15 is 0 Å². The first kappa shape index (κ1) is 12.0. The Morgan fingerprint density at radius 2 is 2.26 bits per heavy atom. The minimum Gasteiger partial charge on any atom is -0.350 e. The molecule has 0 unspecified atom stereocenters. The van der Waals surface area contributed by atoms with Crippen LogP contribution in [0.1, 0.15) is 23.3 Å². The fourth-order valence-electron chi connectivity index (χ4n) is 2.36. The van der Waals surface area contributed by atoms with Crippen molar-refractivity contribution in [2.45, 2.75) is 19.4 Å². The first-order valence-corrected chi connectivity index (χ1v) is 6.56. The number of aromatic nitrogens is 3. The second-order valence-electron chi connectivity index (χ2n) is 5.39. The zero-order valence-corrected chi connectivity index (χ0v) is 11.0. The average molecular weight is 258 g/mol. The van der Waals surface area contributed by atoms with Gasteiger partial charge in [-0.2, -0.15) is 5.10 Å². The second kappa shape index (κ2) is 4.57. The van der Waals surface area contributed by atoms with Crippen LogP contribution in [0.4, 0.5) is 0 Å². The fourth-order valence-corrected chi connectivity index (χ4v) is 2.36. The highest BCUT2D eigenvalue weighted by Crippen LogP contribution is 2.46. The van der Waals surface area contributed by atoms with Gasteiger partial charge in [0.1, 0.15) is 5.69 Å². The van der Waals surface area contributed by atoms with Crippen LogP contribution in [0.15, 0.2) is 36.8 Å². The molecule has 0 aliphatic heterocycles. The molecule has 0 spiro atoms. The summed E-state index contributed by atoms with van der Waals surface area (Å²) in [6, 6.07) is 5.65. The molecule has 19 heavy (non-hydrogen) atoms. The van der Waals surface area contributed by atoms with Crippen molar-refractivity contribution in [2.75, 3.05) is 6.54 Å². The van der Waals surface area contributed by atoms with Gasteiger partial charge in [-0.25, -0.2) is 0 Å². The van der Waals surface area contributed by atoms with E-state index in [2.05, 4.69) is 10.4 Å². The Bertz CT molecular complexity index is 566. The lowest BCUT2D eigenvalue weighted by Crippen LogP contribution is -2.33. The normalized spacial score (nSPS) is 16.3. The predicted molar refractivity (Wildman–Crippen MR) is 71.6 cm³/mol. The van der Waals surface area contributed by atoms with Gasteiger partial charge in [-0.3, -0.25) is 9.48 Å². The van der Waals surface area contributed by atoms with E-state index in [4.69, 9.17) is 0 Å². The molecule has 1 saturated carbocycles. The van der Waals surface area contributed by atoms with E-state index in [-0.39, 0.29) is 11.3 Å². The van der Waals surface area contributed by atoms with Gasteiger partial charge in [0.25, 0.3) is 5.91 Å². The van der Waals surface area contributed by atoms with Gasteiger partial charge in [0.15, 0.2) is 0 Å². The minimum atomic E-state index is -0.000703. The highest BCUT2D eigenvalue weighted by atomic mass is 16.1. The molecule has 0 radical (unpaired) electrons. The number of carbonyl (C=O) groups excluding carboxylic acids is 1. The number of aryl methyl sites for hydroxylation is 1. The van der Waals surface area contributed by atoms with Crippen molar-refractivity contribution in [3.8, 4) is 0 Å². The molecule has 1 amide bonds. The molecule has 0 atom stereocenters. The molecule has 1 N–H and O–H groups in total. The van der Waals surface area contributed by atoms with Crippen LogP contribution in [-0.2, 0) is 13.6 Å². The van der Waals surface area contributed by atoms with Crippen LogP contribution in [0.3, 0.4) is 0 Å². The Labute approximate surface area is 112 Å². The molecule has 5 heteroatoms. The van der Waals surface area contributed by atoms with Gasteiger partial charge in [-0.15, -0.1) is 0 Å². The van der Waals surface area contributed by atoms with E-state index in [1.54, 1.807) is 6.20 Å². The maximum absolute atomic E-state index is 12.0. The average Bonchev–Trinajstić information content (AvgIpc) is 2.78. The zero-order chi connectivity index (χ0) is 13.3. The van der Waals surface area contributed by atoms with Crippen LogP contribution >= 0.6 is 0 Å². The molecule has 100 valence electrons. The first-order valence-electron chi connectivity index (χ1n) is 6.56. The molecule has 2 aromatic heterocycles. The Kier molecular flexibility index (Phi) is 2.89. The van der Waals surface area contributed by atoms with Crippen molar-refractivity contribution in [3.63, 3.8) is 0 Å². The molecule has 0 saturated heterocycles. The SMILES string of the molecule is Cn1cccc1C(=O)NCC1(Cn2cccn2)CC1. The molecule has 1 aliphatic rings. The summed E-state index contributed by atoms with van der Waals surface area (Å²) in [6.07, 6.45) is 7.95. The predicted octanol–water partition coefficient (Wildman–Crippen LogP) is 1.43. The standard InChI is InChI=1S/C14H18N4O/c1-17-8-2-4-12(17)13(19)15-10-14(5-6-14)11-18-9-3-7-16-18/h2-4,7-9H,5-6,10-11H2,1H3,(H,15,19). The number of nitrogens with one attached hydrogen (secondary N) is 1. The van der Waals surface area contributed by atoms with Crippen molar-refractivity contribution in [1.29, 1.82) is 0 Å². The third kappa shape index (κ3) is 2.54. The van der Waals surface area contributed by atoms with Crippen molar-refractivity contribution in [3.05, 3.63) is 42.5 Å². The molecular weight excluding hydrogens is 240 g/mol. The fraction of sp³-hybridized carbons (Fsp3) is 0.429. The van der Waals surface area contributed by atoms with Crippen LogP contribution in [0, 0.1) is 5.41 Å². The molecule has 3 rings (SSSR count). The third-order valence-corrected chi connectivity index (χ3v) is 3.81. The molecule has 2 heterocycles. The van der Waals surface area contributed by atoms with Crippen LogP contribution < -0.4 is 5.32 Å². The summed E-state index contributed by atoms with van der Waals surface area (Å²) in [5.74, 6) is -0.000703. The van der Waals surface area contributed by atoms with E-state index in [1.807, 2.05) is 46.9 Å². The smallest absolute Gasteiger partial charge is 0.267 e. The van der Waals surface area contributed by atoms with Gasteiger partial charge >= 0.3 is 0 Å². The molecule has 0 aromatic carbocycles. The van der Waals surface area contributed by atoms with E-state index in [1.165, 1.54) is 0 Å². The van der Waals surface area contributed by atoms with Gasteiger partial charge in [-0.1, -0.05) is 0 Å². The number of hydrogen-bond donors (Lipinski definition) is 1. The number of rotatable bonds is 5. The Morgan fingerprint density at radius 1 is 1.42 bits per heavy atom. The first-order chi connectivity index (χ1) is 9.19. The number of carbonyl (C=O) groups is 1. The summed E-state index contributed by atoms with van der Waals surface area (Å²) in [5, 5.41) is 7.27. The number of amides is 1. The van der Waals surface area contributed by atoms with Gasteiger partial charge < -0.3 is 9.88 Å². The highest BCUT2D eigenvalue weighted by molar-refractivity contribution is 5.92. The highest BCUT2D eigenvalue weighted by Gasteiger charge is 2.43. The quantitative estimate of drug-likeness (QED) is 0.882. The Balaban J connectivity index is 1.58. The van der Waals surface area contributed by atoms with Gasteiger partial charge in [0.2, 0.25) is 0 Å². The largest absolute Gasteiger partial charge is 0.350 e. The van der Waals surface area contributed by atoms with Crippen molar-refractivity contribution in [1.82, 2.24) is 19.7 Å². The van der Waals surface area contributed by atoms with Gasteiger partial charge in [0.05, 0.1) is 0 Å². The molecular formula is C14H18N4O. The molecule has 2 aromatic rings. The Hall–Kier alpha value is -2.04. The Morgan fingerprint density at radius 3 is 2.84 bits per heavy atom. The summed E-state index contributed by atoms with van der Waals surface area (Å²) in [4.78, 5) is 12.0. The topological polar surface area (TPSA) is 51.9 Å². The lowest BCUT2D eigenvalue weighted by molar-refractivity contribution is 0.0934. The van der Waals surface area contributed by atoms with Crippen molar-refractivity contribution in [2.24, 2.45) is 12.5 Å². The zero-order valence-electron chi connectivity index (χ0n) is 11.0. The summed E-state index contributed by atoms with van der Waals surface area (Å²) in [7, 11) is 1.88. The van der Waals surface area contributed by atoms with Crippen molar-refractivity contribution < 1.29 is 4.79 Å². The van der Waals surface area contributed by atoms with Crippen LogP contribution in [0.25, 0.3) is 0 Å². The molecule has 5 nitrogen and oxygen atoms in total. The maximum Gasteiger partial charge on any atom is 0.267 e. The van der Waals surface area contributed by atoms with Gasteiger partial charge in [0, 0.05) is 44.1 Å². The number of hydrogen-bond acceptors (Lipinski definition) is 2. The molecule has 1 fully saturated rings. The summed E-state index contributed by atoms with van der Waals surface area (Å²) >= 11 is 0. The summed E-state index contributed by atoms with van der Waals surface area (Å²) in [5.41, 5.74) is 0.905. The monoisotopic (exact) mass is 258 g/mol. The summed E-state index contributed by atoms with van der Waals surface area (Å²) < 4.78 is 3.78. The van der Waals surface area contributed by atoms with Crippen LogP contribution in [0.5, 0.6) is 0 Å². The van der Waals surface area contributed by atoms with E-state index in [0.29, 0.717) is 5.69 Å². The van der Waals surface area contributed by atoms with Crippen LogP contribution in [-0.4, -0.2) is 26.8 Å².